The zero-order valence-electron chi connectivity index (χ0n) is 34.0. The molecule has 318 valence electrons. The summed E-state index contributed by atoms with van der Waals surface area (Å²) in [6.45, 7) is 3.35. The standard InChI is InChI=1S/C43H75O11P/c1-3-5-7-8-9-10-11-12-13-14-15-16-17-18-19-20-25-29-42(47)52-34-37(35-53-55(49,50)51)54-43(48)30-26-22-21-24-28-38-39(41(46)33-40(38)45)32-31-36(44)27-23-6-4-2/h12-13,21,24,31-32,36-39,41,44,46H,3-11,14-20,22-23,25-30,33-35H2,1-2H3,(H2,49,50,51)/b13-12-,24-21-,32-31+/t36-,37+,38+,39+,41+/m0/s1. The van der Waals surface area contributed by atoms with Crippen LogP contribution in [0.4, 0.5) is 0 Å². The number of ketones is 1. The molecule has 0 aromatic carbocycles. The lowest BCUT2D eigenvalue weighted by molar-refractivity contribution is -0.161. The van der Waals surface area contributed by atoms with Crippen molar-refractivity contribution in [2.75, 3.05) is 13.2 Å². The summed E-state index contributed by atoms with van der Waals surface area (Å²) in [4.78, 5) is 55.6. The van der Waals surface area contributed by atoms with Gasteiger partial charge in [0.15, 0.2) is 6.10 Å². The fourth-order valence-electron chi connectivity index (χ4n) is 6.70. The van der Waals surface area contributed by atoms with Gasteiger partial charge in [-0.05, 0) is 57.8 Å². The van der Waals surface area contributed by atoms with Gasteiger partial charge in [-0.3, -0.25) is 18.9 Å². The maximum Gasteiger partial charge on any atom is 0.469 e. The van der Waals surface area contributed by atoms with Crippen LogP contribution in [0.2, 0.25) is 0 Å². The van der Waals surface area contributed by atoms with E-state index >= 15 is 0 Å². The average Bonchev–Trinajstić information content (AvgIpc) is 3.41. The predicted molar refractivity (Wildman–Crippen MR) is 217 cm³/mol. The van der Waals surface area contributed by atoms with E-state index in [-0.39, 0.29) is 43.5 Å². The number of aliphatic hydroxyl groups excluding tert-OH is 2. The molecule has 1 aliphatic rings. The van der Waals surface area contributed by atoms with Gasteiger partial charge in [-0.25, -0.2) is 4.57 Å². The summed E-state index contributed by atoms with van der Waals surface area (Å²) in [5.41, 5.74) is 0. The molecule has 0 bridgehead atoms. The van der Waals surface area contributed by atoms with Gasteiger partial charge in [-0.1, -0.05) is 134 Å². The van der Waals surface area contributed by atoms with Crippen LogP contribution in [0, 0.1) is 11.8 Å². The Balaban J connectivity index is 2.28. The molecule has 1 fully saturated rings. The zero-order valence-corrected chi connectivity index (χ0v) is 34.9. The molecule has 5 atom stereocenters. The van der Waals surface area contributed by atoms with E-state index in [4.69, 9.17) is 19.3 Å². The van der Waals surface area contributed by atoms with E-state index in [9.17, 15) is 29.2 Å². The Morgan fingerprint density at radius 1 is 0.745 bits per heavy atom. The molecule has 4 N–H and O–H groups in total. The number of unbranched alkanes of at least 4 members (excludes halogenated alkanes) is 16. The normalized spacial score (nSPS) is 18.9. The highest BCUT2D eigenvalue weighted by molar-refractivity contribution is 7.46. The van der Waals surface area contributed by atoms with Crippen molar-refractivity contribution in [3.8, 4) is 0 Å². The second-order valence-electron chi connectivity index (χ2n) is 15.1. The van der Waals surface area contributed by atoms with Crippen LogP contribution in [0.15, 0.2) is 36.5 Å². The van der Waals surface area contributed by atoms with E-state index in [2.05, 4.69) is 30.5 Å². The van der Waals surface area contributed by atoms with Crippen LogP contribution in [0.5, 0.6) is 0 Å². The van der Waals surface area contributed by atoms with Crippen molar-refractivity contribution in [3.05, 3.63) is 36.5 Å². The molecule has 11 nitrogen and oxygen atoms in total. The molecule has 0 amide bonds. The number of esters is 2. The zero-order chi connectivity index (χ0) is 40.6. The van der Waals surface area contributed by atoms with Crippen LogP contribution in [0.1, 0.15) is 174 Å². The van der Waals surface area contributed by atoms with Gasteiger partial charge in [0.2, 0.25) is 0 Å². The van der Waals surface area contributed by atoms with Crippen LogP contribution in [-0.4, -0.2) is 69.2 Å². The van der Waals surface area contributed by atoms with Crippen molar-refractivity contribution in [2.24, 2.45) is 11.8 Å². The monoisotopic (exact) mass is 799 g/mol. The molecular weight excluding hydrogens is 723 g/mol. The molecule has 1 saturated carbocycles. The number of Topliss-reactive ketones (excluding diaryl/α,β-unsaturated/α-hetero) is 1. The number of allylic oxidation sites excluding steroid dienone is 4. The Kier molecular flexibility index (Phi) is 30.4. The van der Waals surface area contributed by atoms with Gasteiger partial charge < -0.3 is 29.5 Å². The molecule has 0 saturated heterocycles. The van der Waals surface area contributed by atoms with Crippen molar-refractivity contribution in [1.82, 2.24) is 0 Å². The molecular formula is C43H75O11P. The van der Waals surface area contributed by atoms with Gasteiger partial charge in [0.25, 0.3) is 0 Å². The number of aliphatic hydroxyl groups is 2. The summed E-state index contributed by atoms with van der Waals surface area (Å²) in [6.07, 6.45) is 32.3. The summed E-state index contributed by atoms with van der Waals surface area (Å²) < 4.78 is 26.4. The number of carbonyl (C=O) groups excluding carboxylic acids is 3. The Morgan fingerprint density at radius 2 is 1.29 bits per heavy atom. The summed E-state index contributed by atoms with van der Waals surface area (Å²) in [6, 6.07) is 0. The highest BCUT2D eigenvalue weighted by atomic mass is 31.2. The summed E-state index contributed by atoms with van der Waals surface area (Å²) in [5, 5.41) is 20.6. The molecule has 0 aromatic rings. The summed E-state index contributed by atoms with van der Waals surface area (Å²) in [7, 11) is -4.83. The molecule has 0 spiro atoms. The van der Waals surface area contributed by atoms with Crippen LogP contribution < -0.4 is 0 Å². The molecule has 55 heavy (non-hydrogen) atoms. The van der Waals surface area contributed by atoms with Crippen molar-refractivity contribution in [1.29, 1.82) is 0 Å². The van der Waals surface area contributed by atoms with Crippen LogP contribution in [-0.2, 0) is 32.9 Å². The van der Waals surface area contributed by atoms with E-state index in [0.717, 1.165) is 44.9 Å². The lowest BCUT2D eigenvalue weighted by atomic mass is 9.90. The Hall–Kier alpha value is -2.14. The van der Waals surface area contributed by atoms with Gasteiger partial charge in [-0.15, -0.1) is 0 Å². The number of hydrogen-bond donors (Lipinski definition) is 4. The maximum absolute atomic E-state index is 12.5. The van der Waals surface area contributed by atoms with Crippen molar-refractivity contribution in [2.45, 2.75) is 193 Å². The molecule has 1 aliphatic carbocycles. The maximum atomic E-state index is 12.5. The van der Waals surface area contributed by atoms with Crippen LogP contribution in [0.3, 0.4) is 0 Å². The van der Waals surface area contributed by atoms with Crippen molar-refractivity contribution >= 4 is 25.5 Å². The summed E-state index contributed by atoms with van der Waals surface area (Å²) >= 11 is 0. The predicted octanol–water partition coefficient (Wildman–Crippen LogP) is 9.55. The minimum Gasteiger partial charge on any atom is -0.462 e. The average molecular weight is 799 g/mol. The quantitative estimate of drug-likeness (QED) is 0.0208. The largest absolute Gasteiger partial charge is 0.469 e. The van der Waals surface area contributed by atoms with Gasteiger partial charge in [0.05, 0.1) is 18.8 Å². The first-order valence-corrected chi connectivity index (χ1v) is 22.9. The van der Waals surface area contributed by atoms with Crippen LogP contribution in [0.25, 0.3) is 0 Å². The first-order valence-electron chi connectivity index (χ1n) is 21.4. The Bertz CT molecular complexity index is 1150. The number of ether oxygens (including phenoxy) is 2. The van der Waals surface area contributed by atoms with Crippen molar-refractivity contribution < 1.29 is 52.9 Å². The highest BCUT2D eigenvalue weighted by Crippen LogP contribution is 2.36. The van der Waals surface area contributed by atoms with E-state index in [1.165, 1.54) is 64.2 Å². The van der Waals surface area contributed by atoms with Gasteiger partial charge in [0.1, 0.15) is 12.4 Å². The second kappa shape index (κ2) is 32.9. The van der Waals surface area contributed by atoms with Crippen molar-refractivity contribution in [3.63, 3.8) is 0 Å². The van der Waals surface area contributed by atoms with E-state index < -0.39 is 44.7 Å². The third kappa shape index (κ3) is 28.8. The molecule has 1 rings (SSSR count). The van der Waals surface area contributed by atoms with Gasteiger partial charge >= 0.3 is 19.8 Å². The Morgan fingerprint density at radius 3 is 1.93 bits per heavy atom. The smallest absolute Gasteiger partial charge is 0.462 e. The van der Waals surface area contributed by atoms with Crippen LogP contribution >= 0.6 is 7.82 Å². The molecule has 0 radical (unpaired) electrons. The molecule has 0 aliphatic heterocycles. The minimum atomic E-state index is -4.83. The topological polar surface area (TPSA) is 177 Å². The molecule has 0 heterocycles. The number of phosphoric ester groups is 1. The number of rotatable bonds is 35. The van der Waals surface area contributed by atoms with E-state index in [0.29, 0.717) is 32.1 Å². The molecule has 12 heteroatoms. The summed E-state index contributed by atoms with van der Waals surface area (Å²) in [5.74, 6) is -1.83. The Labute approximate surface area is 332 Å². The lowest BCUT2D eigenvalue weighted by Crippen LogP contribution is -2.29. The second-order valence-corrected chi connectivity index (χ2v) is 16.3. The number of carbonyl (C=O) groups is 3. The number of phosphoric acid groups is 1. The minimum absolute atomic E-state index is 0.0152. The SMILES string of the molecule is CCCCCCCC/C=C\CCCCCCCCCC(=O)OC[C@H](COP(=O)(O)O)OC(=O)CCC/C=C\C[C@H]1C(=O)C[C@@H](O)[C@@H]1/C=C/[C@@H](O)CCCCC. The highest BCUT2D eigenvalue weighted by Gasteiger charge is 2.39. The first-order chi connectivity index (χ1) is 26.5. The molecule has 0 unspecified atom stereocenters. The fourth-order valence-corrected chi connectivity index (χ4v) is 7.06. The van der Waals surface area contributed by atoms with E-state index in [1.54, 1.807) is 12.2 Å². The van der Waals surface area contributed by atoms with E-state index in [1.807, 2.05) is 12.2 Å². The van der Waals surface area contributed by atoms with Gasteiger partial charge in [0, 0.05) is 31.1 Å². The van der Waals surface area contributed by atoms with Gasteiger partial charge in [-0.2, -0.15) is 0 Å². The first kappa shape index (κ1) is 50.9. The molecule has 0 aromatic heterocycles. The fraction of sp³-hybridized carbons (Fsp3) is 0.791. The lowest BCUT2D eigenvalue weighted by Gasteiger charge is -2.18. The third-order valence-corrected chi connectivity index (χ3v) is 10.5. The third-order valence-electron chi connectivity index (χ3n) is 10.00. The number of hydrogen-bond acceptors (Lipinski definition) is 9.